The van der Waals surface area contributed by atoms with Crippen molar-refractivity contribution in [2.24, 2.45) is 0 Å². The van der Waals surface area contributed by atoms with Gasteiger partial charge < -0.3 is 18.6 Å². The van der Waals surface area contributed by atoms with Gasteiger partial charge in [-0.15, -0.1) is 0 Å². The number of para-hydroxylation sites is 4. The highest BCUT2D eigenvalue weighted by molar-refractivity contribution is 6.11. The summed E-state index contributed by atoms with van der Waals surface area (Å²) in [6, 6.07) is 183. The first-order valence-electron chi connectivity index (χ1n) is 50.5. The van der Waals surface area contributed by atoms with E-state index in [2.05, 4.69) is 525 Å². The Bertz CT molecular complexity index is 9300. The molecule has 686 valence electrons. The predicted molar refractivity (Wildman–Crippen MR) is 611 cm³/mol. The molecule has 2 heterocycles. The molecule has 28 rings (SSSR count). The average Bonchev–Trinajstić information content (AvgIpc) is 1.57. The van der Waals surface area contributed by atoms with E-state index in [-0.39, 0.29) is 16.2 Å². The minimum absolute atomic E-state index is 0.207. The zero-order valence-electron chi connectivity index (χ0n) is 81.6. The van der Waals surface area contributed by atoms with E-state index in [1.165, 1.54) is 160 Å². The summed E-state index contributed by atoms with van der Waals surface area (Å²) in [6.07, 6.45) is 0. The van der Waals surface area contributed by atoms with Gasteiger partial charge in [-0.3, -0.25) is 0 Å². The van der Waals surface area contributed by atoms with Crippen molar-refractivity contribution in [2.45, 2.75) is 57.8 Å². The van der Waals surface area contributed by atoms with E-state index < -0.39 is 0 Å². The summed E-state index contributed by atoms with van der Waals surface area (Å²) in [5.74, 6) is 0. The molecule has 2 aromatic heterocycles. The molecule has 3 aliphatic rings. The molecule has 0 aliphatic heterocycles. The zero-order chi connectivity index (χ0) is 96.9. The number of fused-ring (bicyclic) bond motifs is 18. The summed E-state index contributed by atoms with van der Waals surface area (Å²) in [6.45, 7) is 14.3. The quantitative estimate of drug-likeness (QED) is 0.102. The zero-order valence-corrected chi connectivity index (χ0v) is 81.6. The molecule has 0 saturated heterocycles. The fraction of sp³-hybridized carbons (Fsp3) is 0.0638. The molecule has 0 amide bonds. The Morgan fingerprint density at radius 2 is 0.366 bits per heavy atom. The number of nitrogens with zero attached hydrogens (tertiary/aromatic N) is 2. The second-order valence-corrected chi connectivity index (χ2v) is 41.0. The van der Waals surface area contributed by atoms with E-state index in [9.17, 15) is 0 Å². The predicted octanol–water partition coefficient (Wildman–Crippen LogP) is 39.5. The first-order valence-corrected chi connectivity index (χ1v) is 50.5. The average molecular weight is 1850 g/mol. The lowest BCUT2D eigenvalue weighted by Crippen LogP contribution is -2.18. The van der Waals surface area contributed by atoms with E-state index in [0.717, 1.165) is 117 Å². The molecule has 145 heavy (non-hydrogen) atoms. The summed E-state index contributed by atoms with van der Waals surface area (Å²) in [7, 11) is 0. The van der Waals surface area contributed by atoms with Crippen molar-refractivity contribution in [3.63, 3.8) is 0 Å². The summed E-state index contributed by atoms with van der Waals surface area (Å²) < 4.78 is 12.8. The molecule has 0 fully saturated rings. The molecular weight excluding hydrogens is 1750 g/mol. The van der Waals surface area contributed by atoms with Crippen molar-refractivity contribution in [1.29, 1.82) is 0 Å². The van der Waals surface area contributed by atoms with Crippen LogP contribution in [-0.2, 0) is 16.2 Å². The molecule has 0 atom stereocenters. The maximum atomic E-state index is 6.43. The molecule has 0 bridgehead atoms. The molecule has 0 radical (unpaired) electrons. The third-order valence-electron chi connectivity index (χ3n) is 31.6. The van der Waals surface area contributed by atoms with E-state index in [4.69, 9.17) is 8.83 Å². The van der Waals surface area contributed by atoms with Crippen LogP contribution in [0, 0.1) is 0 Å². The van der Waals surface area contributed by atoms with Gasteiger partial charge in [-0.05, 0) is 309 Å². The standard InChI is InChI=1S/C74H53NO.C67H47NO/c1-73(2)67-42-55(53-26-22-46-12-5-7-14-51(46)40-53)30-36-61(67)63-38-34-58(44-69(63)73)75(57-32-28-49(29-33-57)48-20-24-50(25-21-48)60-17-11-18-66-65-16-9-10-19-71(65)76-72(60)66)59-35-39-64-62-37-31-56(43-68(62)74(3,4)70(64)45-59)54-27-23-47-13-6-8-15-52(47)41-54;1-67(2)63-42-54(53-28-25-45-13-6-7-14-52(45)41-53)33-39-59(63)60-40-38-57(43-64(60)67)68(55-34-29-49(30-35-55)47-21-19-46(20-22-47)44-11-4-3-5-12-44)56-36-31-50(32-37-56)48-23-26-51(27-24-48)58-16-10-17-62-61-15-8-9-18-65(61)69-66(58)62/h5-45H,1-4H3;3-43H,1-2H3. The SMILES string of the molecule is CC1(C)c2cc(-c3ccc4ccccc4c3)ccc2-c2ccc(N(c3ccc(-c4ccc(-c5cccc6c5oc5ccccc56)cc4)cc3)c3ccc4c(c3)C(C)(C)c3cc(-c5ccc6ccccc6c5)ccc3-4)cc21.CC1(C)c2cc(-c3ccc4ccccc4c3)ccc2-c2ccc(N(c3ccc(-c4ccc(-c5ccccc5)cc4)cc3)c3ccc(-c4ccc(-c5cccc6c5oc5ccccc56)cc4)cc3)cc21. The van der Waals surface area contributed by atoms with Crippen LogP contribution in [0.3, 0.4) is 0 Å². The van der Waals surface area contributed by atoms with Crippen LogP contribution in [-0.4, -0.2) is 0 Å². The molecular formula is C141H100N2O2. The van der Waals surface area contributed by atoms with Crippen LogP contribution in [0.2, 0.25) is 0 Å². The maximum absolute atomic E-state index is 6.43. The van der Waals surface area contributed by atoms with Crippen molar-refractivity contribution in [2.75, 3.05) is 9.80 Å². The molecule has 23 aromatic carbocycles. The van der Waals surface area contributed by atoms with Gasteiger partial charge in [0.05, 0.1) is 0 Å². The van der Waals surface area contributed by atoms with Crippen LogP contribution in [0.4, 0.5) is 34.1 Å². The van der Waals surface area contributed by atoms with Gasteiger partial charge in [-0.25, -0.2) is 0 Å². The fourth-order valence-corrected chi connectivity index (χ4v) is 23.7. The first-order chi connectivity index (χ1) is 71.1. The van der Waals surface area contributed by atoms with Gasteiger partial charge in [0.15, 0.2) is 0 Å². The van der Waals surface area contributed by atoms with E-state index >= 15 is 0 Å². The van der Waals surface area contributed by atoms with E-state index in [0.29, 0.717) is 0 Å². The van der Waals surface area contributed by atoms with Crippen molar-refractivity contribution in [3.8, 4) is 134 Å². The van der Waals surface area contributed by atoms with Gasteiger partial charge >= 0.3 is 0 Å². The second-order valence-electron chi connectivity index (χ2n) is 41.0. The Morgan fingerprint density at radius 1 is 0.145 bits per heavy atom. The Morgan fingerprint density at radius 3 is 0.690 bits per heavy atom. The molecule has 0 N–H and O–H groups in total. The van der Waals surface area contributed by atoms with Crippen LogP contribution >= 0.6 is 0 Å². The van der Waals surface area contributed by atoms with Crippen molar-refractivity contribution < 1.29 is 8.83 Å². The minimum atomic E-state index is -0.227. The summed E-state index contributed by atoms with van der Waals surface area (Å²) in [4.78, 5) is 4.88. The summed E-state index contributed by atoms with van der Waals surface area (Å²) in [5, 5.41) is 12.1. The Balaban J connectivity index is 0.000000145. The monoisotopic (exact) mass is 1850 g/mol. The topological polar surface area (TPSA) is 32.8 Å². The molecule has 0 saturated carbocycles. The van der Waals surface area contributed by atoms with Gasteiger partial charge in [0.1, 0.15) is 22.3 Å². The fourth-order valence-electron chi connectivity index (χ4n) is 23.7. The first kappa shape index (κ1) is 86.2. The maximum Gasteiger partial charge on any atom is 0.143 e. The molecule has 3 aliphatic carbocycles. The van der Waals surface area contributed by atoms with E-state index in [1.54, 1.807) is 0 Å². The third kappa shape index (κ3) is 14.8. The lowest BCUT2D eigenvalue weighted by molar-refractivity contribution is 0.660. The number of hydrogen-bond donors (Lipinski definition) is 0. The smallest absolute Gasteiger partial charge is 0.143 e. The molecule has 0 unspecified atom stereocenters. The largest absolute Gasteiger partial charge is 0.455 e. The van der Waals surface area contributed by atoms with Crippen molar-refractivity contribution >= 4 is 110 Å². The van der Waals surface area contributed by atoms with E-state index in [1.807, 2.05) is 24.3 Å². The lowest BCUT2D eigenvalue weighted by Gasteiger charge is -2.30. The molecule has 25 aromatic rings. The van der Waals surface area contributed by atoms with Crippen molar-refractivity contribution in [3.05, 3.63) is 531 Å². The van der Waals surface area contributed by atoms with Crippen LogP contribution in [0.25, 0.3) is 210 Å². The normalized spacial score (nSPS) is 13.2. The third-order valence-corrected chi connectivity index (χ3v) is 31.6. The highest BCUT2D eigenvalue weighted by Gasteiger charge is 2.41. The van der Waals surface area contributed by atoms with Gasteiger partial charge in [-0.2, -0.15) is 0 Å². The van der Waals surface area contributed by atoms with Crippen molar-refractivity contribution in [1.82, 2.24) is 0 Å². The Labute approximate surface area is 845 Å². The Hall–Kier alpha value is -18.0. The number of hydrogen-bond acceptors (Lipinski definition) is 4. The second kappa shape index (κ2) is 34.2. The summed E-state index contributed by atoms with van der Waals surface area (Å²) in [5.41, 5.74) is 47.1. The minimum Gasteiger partial charge on any atom is -0.455 e. The number of furan rings is 2. The molecule has 4 heteroatoms. The van der Waals surface area contributed by atoms with Crippen LogP contribution in [0.5, 0.6) is 0 Å². The summed E-state index contributed by atoms with van der Waals surface area (Å²) >= 11 is 0. The molecule has 0 spiro atoms. The van der Waals surface area contributed by atoms with Gasteiger partial charge in [0, 0.05) is 83.0 Å². The van der Waals surface area contributed by atoms with Crippen LogP contribution < -0.4 is 9.80 Å². The number of anilines is 6. The number of benzene rings is 23. The van der Waals surface area contributed by atoms with Crippen LogP contribution in [0.1, 0.15) is 74.9 Å². The van der Waals surface area contributed by atoms with Gasteiger partial charge in [-0.1, -0.05) is 418 Å². The highest BCUT2D eigenvalue weighted by atomic mass is 16.3. The molecule has 4 nitrogen and oxygen atoms in total. The highest BCUT2D eigenvalue weighted by Crippen LogP contribution is 2.57. The van der Waals surface area contributed by atoms with Gasteiger partial charge in [0.2, 0.25) is 0 Å². The van der Waals surface area contributed by atoms with Gasteiger partial charge in [0.25, 0.3) is 0 Å². The van der Waals surface area contributed by atoms with Crippen LogP contribution in [0.15, 0.2) is 506 Å². The Kier molecular flexibility index (Phi) is 20.3. The number of rotatable bonds is 15. The lowest BCUT2D eigenvalue weighted by atomic mass is 9.81.